The van der Waals surface area contributed by atoms with E-state index in [4.69, 9.17) is 4.74 Å². The summed E-state index contributed by atoms with van der Waals surface area (Å²) in [6.45, 7) is 0.873. The number of benzene rings is 2. The van der Waals surface area contributed by atoms with Gasteiger partial charge in [0.25, 0.3) is 0 Å². The minimum atomic E-state index is -3.88. The first-order valence-corrected chi connectivity index (χ1v) is 10.3. The van der Waals surface area contributed by atoms with Gasteiger partial charge in [0.05, 0.1) is 15.1 Å². The number of fused-ring (bicyclic) bond motifs is 1. The fourth-order valence-electron chi connectivity index (χ4n) is 2.28. The van der Waals surface area contributed by atoms with E-state index >= 15 is 0 Å². The van der Waals surface area contributed by atoms with Crippen molar-refractivity contribution >= 4 is 43.3 Å². The zero-order valence-electron chi connectivity index (χ0n) is 14.3. The fraction of sp³-hybridized carbons (Fsp3) is 0.167. The minimum absolute atomic E-state index is 0.0206. The SMILES string of the molecule is CC(=O)c1ccc(S(=O)(=O)NCC(=O)OCc2nc3ccccc3s2)cc1. The van der Waals surface area contributed by atoms with Gasteiger partial charge in [-0.25, -0.2) is 13.4 Å². The minimum Gasteiger partial charge on any atom is -0.457 e. The molecule has 140 valence electrons. The third-order valence-electron chi connectivity index (χ3n) is 3.67. The van der Waals surface area contributed by atoms with Gasteiger partial charge in [0.15, 0.2) is 5.78 Å². The van der Waals surface area contributed by atoms with E-state index < -0.39 is 22.5 Å². The summed E-state index contributed by atoms with van der Waals surface area (Å²) in [4.78, 5) is 27.4. The van der Waals surface area contributed by atoms with Gasteiger partial charge in [0.2, 0.25) is 10.0 Å². The molecule has 0 spiro atoms. The van der Waals surface area contributed by atoms with E-state index in [9.17, 15) is 18.0 Å². The standard InChI is InChI=1S/C18H16N2O5S2/c1-12(21)13-6-8-14(9-7-13)27(23,24)19-10-18(22)25-11-17-20-15-4-2-3-5-16(15)26-17/h2-9,19H,10-11H2,1H3. The van der Waals surface area contributed by atoms with Crippen LogP contribution in [0.1, 0.15) is 22.3 Å². The number of carbonyl (C=O) groups is 2. The van der Waals surface area contributed by atoms with E-state index in [0.29, 0.717) is 10.6 Å². The predicted octanol–water partition coefficient (Wildman–Crippen LogP) is 2.52. The number of rotatable bonds is 7. The average molecular weight is 404 g/mol. The summed E-state index contributed by atoms with van der Waals surface area (Å²) < 4.78 is 32.6. The highest BCUT2D eigenvalue weighted by atomic mass is 32.2. The van der Waals surface area contributed by atoms with Gasteiger partial charge in [0.1, 0.15) is 18.2 Å². The summed E-state index contributed by atoms with van der Waals surface area (Å²) in [5, 5.41) is 0.632. The van der Waals surface area contributed by atoms with Gasteiger partial charge in [-0.3, -0.25) is 9.59 Å². The second-order valence-electron chi connectivity index (χ2n) is 5.64. The Hall–Kier alpha value is -2.62. The predicted molar refractivity (Wildman–Crippen MR) is 101 cm³/mol. The van der Waals surface area contributed by atoms with Gasteiger partial charge >= 0.3 is 5.97 Å². The third-order valence-corrected chi connectivity index (χ3v) is 6.10. The maximum absolute atomic E-state index is 12.2. The molecular formula is C18H16N2O5S2. The second kappa shape index (κ2) is 7.95. The highest BCUT2D eigenvalue weighted by Crippen LogP contribution is 2.22. The number of nitrogens with one attached hydrogen (secondary N) is 1. The molecule has 0 aliphatic heterocycles. The molecule has 0 amide bonds. The van der Waals surface area contributed by atoms with Gasteiger partial charge in [-0.05, 0) is 31.2 Å². The number of Topliss-reactive ketones (excluding diaryl/α,β-unsaturated/α-hetero) is 1. The van der Waals surface area contributed by atoms with Crippen LogP contribution in [0.2, 0.25) is 0 Å². The first-order chi connectivity index (χ1) is 12.8. The third kappa shape index (κ3) is 4.76. The summed E-state index contributed by atoms with van der Waals surface area (Å²) >= 11 is 1.41. The van der Waals surface area contributed by atoms with Crippen LogP contribution in [0, 0.1) is 0 Å². The molecule has 1 aromatic heterocycles. The first kappa shape index (κ1) is 19.2. The summed E-state index contributed by atoms with van der Waals surface area (Å²) in [6.07, 6.45) is 0. The summed E-state index contributed by atoms with van der Waals surface area (Å²) in [6, 6.07) is 13.0. The lowest BCUT2D eigenvalue weighted by Crippen LogP contribution is -2.30. The van der Waals surface area contributed by atoms with E-state index in [-0.39, 0.29) is 17.3 Å². The van der Waals surface area contributed by atoms with Gasteiger partial charge in [-0.2, -0.15) is 4.72 Å². The normalized spacial score (nSPS) is 11.4. The van der Waals surface area contributed by atoms with Gasteiger partial charge in [0, 0.05) is 5.56 Å². The Bertz CT molecular complexity index is 1060. The molecule has 9 heteroatoms. The van der Waals surface area contributed by atoms with Crippen LogP contribution in [0.15, 0.2) is 53.4 Å². The second-order valence-corrected chi connectivity index (χ2v) is 8.52. The van der Waals surface area contributed by atoms with Crippen LogP contribution >= 0.6 is 11.3 Å². The molecule has 3 aromatic rings. The molecule has 0 aliphatic rings. The number of ketones is 1. The van der Waals surface area contributed by atoms with E-state index in [0.717, 1.165) is 10.2 Å². The molecule has 27 heavy (non-hydrogen) atoms. The Labute approximate surface area is 160 Å². The number of ether oxygens (including phenoxy) is 1. The quantitative estimate of drug-likeness (QED) is 0.479. The first-order valence-electron chi connectivity index (χ1n) is 7.96. The summed E-state index contributed by atoms with van der Waals surface area (Å²) in [5.41, 5.74) is 1.23. The van der Waals surface area contributed by atoms with Crippen molar-refractivity contribution in [3.63, 3.8) is 0 Å². The number of hydrogen-bond acceptors (Lipinski definition) is 7. The van der Waals surface area contributed by atoms with Crippen molar-refractivity contribution in [2.45, 2.75) is 18.4 Å². The molecule has 7 nitrogen and oxygen atoms in total. The Morgan fingerprint density at radius 2 is 1.81 bits per heavy atom. The molecule has 0 radical (unpaired) electrons. The smallest absolute Gasteiger partial charge is 0.321 e. The maximum atomic E-state index is 12.2. The number of nitrogens with zero attached hydrogens (tertiary/aromatic N) is 1. The van der Waals surface area contributed by atoms with E-state index in [1.807, 2.05) is 24.3 Å². The molecular weight excluding hydrogens is 388 g/mol. The molecule has 0 atom stereocenters. The van der Waals surface area contributed by atoms with Crippen LogP contribution in [0.4, 0.5) is 0 Å². The Kier molecular flexibility index (Phi) is 5.64. The Morgan fingerprint density at radius 3 is 2.48 bits per heavy atom. The molecule has 0 saturated carbocycles. The molecule has 1 N–H and O–H groups in total. The van der Waals surface area contributed by atoms with Crippen molar-refractivity contribution in [2.24, 2.45) is 0 Å². The number of carbonyl (C=O) groups excluding carboxylic acids is 2. The number of hydrogen-bond donors (Lipinski definition) is 1. The Balaban J connectivity index is 1.55. The van der Waals surface area contributed by atoms with E-state index in [1.165, 1.54) is 42.5 Å². The fourth-order valence-corrected chi connectivity index (χ4v) is 4.13. The molecule has 2 aromatic carbocycles. The summed E-state index contributed by atoms with van der Waals surface area (Å²) in [7, 11) is -3.88. The van der Waals surface area contributed by atoms with Crippen LogP contribution in [0.25, 0.3) is 10.2 Å². The van der Waals surface area contributed by atoms with Crippen LogP contribution in [0.5, 0.6) is 0 Å². The van der Waals surface area contributed by atoms with Crippen molar-refractivity contribution < 1.29 is 22.7 Å². The van der Waals surface area contributed by atoms with Crippen molar-refractivity contribution in [1.82, 2.24) is 9.71 Å². The van der Waals surface area contributed by atoms with Crippen LogP contribution in [0.3, 0.4) is 0 Å². The average Bonchev–Trinajstić information content (AvgIpc) is 3.08. The number of para-hydroxylation sites is 1. The number of thiazole rings is 1. The zero-order chi connectivity index (χ0) is 19.4. The van der Waals surface area contributed by atoms with Gasteiger partial charge in [-0.1, -0.05) is 24.3 Å². The number of sulfonamides is 1. The van der Waals surface area contributed by atoms with Crippen molar-refractivity contribution in [3.05, 3.63) is 59.1 Å². The highest BCUT2D eigenvalue weighted by Gasteiger charge is 2.17. The molecule has 0 saturated heterocycles. The molecule has 0 bridgehead atoms. The number of esters is 1. The summed E-state index contributed by atoms with van der Waals surface area (Å²) in [5.74, 6) is -0.872. The lowest BCUT2D eigenvalue weighted by Gasteiger charge is -2.07. The molecule has 0 unspecified atom stereocenters. The van der Waals surface area contributed by atoms with Crippen molar-refractivity contribution in [3.8, 4) is 0 Å². The van der Waals surface area contributed by atoms with E-state index in [1.54, 1.807) is 0 Å². The van der Waals surface area contributed by atoms with Crippen molar-refractivity contribution in [1.29, 1.82) is 0 Å². The highest BCUT2D eigenvalue weighted by molar-refractivity contribution is 7.89. The van der Waals surface area contributed by atoms with Crippen molar-refractivity contribution in [2.75, 3.05) is 6.54 Å². The van der Waals surface area contributed by atoms with Crippen LogP contribution in [-0.2, 0) is 26.2 Å². The number of aromatic nitrogens is 1. The Morgan fingerprint density at radius 1 is 1.11 bits per heavy atom. The zero-order valence-corrected chi connectivity index (χ0v) is 16.0. The maximum Gasteiger partial charge on any atom is 0.321 e. The molecule has 3 rings (SSSR count). The molecule has 1 heterocycles. The topological polar surface area (TPSA) is 102 Å². The van der Waals surface area contributed by atoms with E-state index in [2.05, 4.69) is 9.71 Å². The van der Waals surface area contributed by atoms with Crippen LogP contribution in [-0.4, -0.2) is 31.7 Å². The molecule has 0 fully saturated rings. The lowest BCUT2D eigenvalue weighted by molar-refractivity contribution is -0.143. The lowest BCUT2D eigenvalue weighted by atomic mass is 10.2. The largest absolute Gasteiger partial charge is 0.457 e. The van der Waals surface area contributed by atoms with Gasteiger partial charge in [-0.15, -0.1) is 11.3 Å². The van der Waals surface area contributed by atoms with Gasteiger partial charge < -0.3 is 4.74 Å². The molecule has 0 aliphatic carbocycles. The van der Waals surface area contributed by atoms with Crippen LogP contribution < -0.4 is 4.72 Å². The monoisotopic (exact) mass is 404 g/mol.